The lowest BCUT2D eigenvalue weighted by Gasteiger charge is -2.25. The molecule has 0 unspecified atom stereocenters. The summed E-state index contributed by atoms with van der Waals surface area (Å²) in [6.45, 7) is 12.8. The number of hydrogen-bond donors (Lipinski definition) is 1. The second-order valence-corrected chi connectivity index (χ2v) is 7.51. The van der Waals surface area contributed by atoms with Crippen LogP contribution in [0.25, 0.3) is 0 Å². The van der Waals surface area contributed by atoms with E-state index in [9.17, 15) is 0 Å². The highest BCUT2D eigenvalue weighted by Gasteiger charge is 2.16. The summed E-state index contributed by atoms with van der Waals surface area (Å²) < 4.78 is 5.86. The first kappa shape index (κ1) is 14.9. The molecule has 1 aromatic heterocycles. The lowest BCUT2D eigenvalue weighted by Crippen LogP contribution is -2.34. The van der Waals surface area contributed by atoms with Gasteiger partial charge in [0, 0.05) is 42.2 Å². The molecule has 1 N–H and O–H groups in total. The zero-order valence-electron chi connectivity index (χ0n) is 12.6. The fourth-order valence-corrected chi connectivity index (χ4v) is 3.16. The van der Waals surface area contributed by atoms with E-state index in [0.29, 0.717) is 0 Å². The summed E-state index contributed by atoms with van der Waals surface area (Å²) in [6.07, 6.45) is 0. The van der Waals surface area contributed by atoms with Crippen LogP contribution in [0.4, 0.5) is 0 Å². The topological polar surface area (TPSA) is 28.4 Å². The van der Waals surface area contributed by atoms with Crippen LogP contribution < -0.4 is 5.32 Å². The predicted molar refractivity (Wildman–Crippen MR) is 82.6 cm³/mol. The minimum atomic E-state index is 0.130. The van der Waals surface area contributed by atoms with Gasteiger partial charge in [0.25, 0.3) is 0 Å². The van der Waals surface area contributed by atoms with E-state index in [1.807, 2.05) is 0 Å². The Kier molecular flexibility index (Phi) is 4.98. The van der Waals surface area contributed by atoms with Crippen LogP contribution in [-0.2, 0) is 13.1 Å². The van der Waals surface area contributed by atoms with Gasteiger partial charge in [-0.25, -0.2) is 0 Å². The fourth-order valence-electron chi connectivity index (χ4n) is 2.18. The van der Waals surface area contributed by atoms with Crippen LogP contribution in [0, 0.1) is 6.92 Å². The summed E-state index contributed by atoms with van der Waals surface area (Å²) in [7, 11) is 0. The monoisotopic (exact) mass is 282 g/mol. The SMILES string of the molecule is Cc1oc(CNC(C)(C)C)cc1CN1CCSCC1. The molecule has 1 fully saturated rings. The lowest BCUT2D eigenvalue weighted by molar-refractivity contribution is 0.292. The number of nitrogens with one attached hydrogen (secondary N) is 1. The highest BCUT2D eigenvalue weighted by atomic mass is 32.2. The maximum absolute atomic E-state index is 5.86. The Morgan fingerprint density at radius 1 is 1.32 bits per heavy atom. The first-order valence-electron chi connectivity index (χ1n) is 7.07. The maximum atomic E-state index is 5.86. The Morgan fingerprint density at radius 3 is 2.63 bits per heavy atom. The van der Waals surface area contributed by atoms with E-state index in [1.54, 1.807) is 0 Å². The minimum Gasteiger partial charge on any atom is -0.465 e. The number of furan rings is 1. The number of thioether (sulfide) groups is 1. The Morgan fingerprint density at radius 2 is 2.00 bits per heavy atom. The summed E-state index contributed by atoms with van der Waals surface area (Å²) in [5.41, 5.74) is 1.47. The van der Waals surface area contributed by atoms with Crippen molar-refractivity contribution in [3.05, 3.63) is 23.2 Å². The molecule has 2 rings (SSSR count). The molecule has 0 saturated carbocycles. The van der Waals surface area contributed by atoms with Gasteiger partial charge in [0.2, 0.25) is 0 Å². The van der Waals surface area contributed by atoms with Gasteiger partial charge in [-0.1, -0.05) is 0 Å². The second kappa shape index (κ2) is 6.33. The zero-order chi connectivity index (χ0) is 13.9. The van der Waals surface area contributed by atoms with E-state index in [-0.39, 0.29) is 5.54 Å². The van der Waals surface area contributed by atoms with E-state index >= 15 is 0 Å². The first-order chi connectivity index (χ1) is 8.94. The molecule has 0 bridgehead atoms. The summed E-state index contributed by atoms with van der Waals surface area (Å²) in [6, 6.07) is 2.22. The molecular formula is C15H26N2OS. The summed E-state index contributed by atoms with van der Waals surface area (Å²) in [5.74, 6) is 4.64. The van der Waals surface area contributed by atoms with Crippen LogP contribution in [0.1, 0.15) is 37.9 Å². The number of nitrogens with zero attached hydrogens (tertiary/aromatic N) is 1. The third-order valence-corrected chi connectivity index (χ3v) is 4.30. The molecule has 1 saturated heterocycles. The van der Waals surface area contributed by atoms with Gasteiger partial charge >= 0.3 is 0 Å². The Labute approximate surface area is 121 Å². The Hall–Kier alpha value is -0.450. The lowest BCUT2D eigenvalue weighted by atomic mass is 10.1. The number of hydrogen-bond acceptors (Lipinski definition) is 4. The van der Waals surface area contributed by atoms with Gasteiger partial charge in [-0.2, -0.15) is 11.8 Å². The third kappa shape index (κ3) is 4.86. The Bertz CT molecular complexity index is 403. The summed E-state index contributed by atoms with van der Waals surface area (Å²) in [5, 5.41) is 3.47. The predicted octanol–water partition coefficient (Wildman–Crippen LogP) is 3.02. The van der Waals surface area contributed by atoms with Crippen molar-refractivity contribution in [1.29, 1.82) is 0 Å². The Balaban J connectivity index is 1.92. The van der Waals surface area contributed by atoms with E-state index < -0.39 is 0 Å². The first-order valence-corrected chi connectivity index (χ1v) is 8.23. The van der Waals surface area contributed by atoms with Gasteiger partial charge in [0.1, 0.15) is 11.5 Å². The van der Waals surface area contributed by atoms with Crippen molar-refractivity contribution in [2.75, 3.05) is 24.6 Å². The fraction of sp³-hybridized carbons (Fsp3) is 0.733. The van der Waals surface area contributed by atoms with Crippen molar-refractivity contribution in [2.45, 2.75) is 46.3 Å². The minimum absolute atomic E-state index is 0.130. The van der Waals surface area contributed by atoms with E-state index in [1.165, 1.54) is 30.2 Å². The average Bonchev–Trinajstić information content (AvgIpc) is 2.68. The molecule has 0 aromatic carbocycles. The highest BCUT2D eigenvalue weighted by Crippen LogP contribution is 2.19. The maximum Gasteiger partial charge on any atom is 0.118 e. The van der Waals surface area contributed by atoms with Gasteiger partial charge in [0.15, 0.2) is 0 Å². The van der Waals surface area contributed by atoms with Crippen LogP contribution in [0.15, 0.2) is 10.5 Å². The summed E-state index contributed by atoms with van der Waals surface area (Å²) in [4.78, 5) is 2.52. The van der Waals surface area contributed by atoms with Crippen LogP contribution in [0.2, 0.25) is 0 Å². The van der Waals surface area contributed by atoms with Gasteiger partial charge in [-0.3, -0.25) is 4.90 Å². The van der Waals surface area contributed by atoms with Crippen molar-refractivity contribution in [3.8, 4) is 0 Å². The standard InChI is InChI=1S/C15H26N2OS/c1-12-13(11-17-5-7-19-8-6-17)9-14(18-12)10-16-15(2,3)4/h9,16H,5-8,10-11H2,1-4H3. The third-order valence-electron chi connectivity index (χ3n) is 3.36. The smallest absolute Gasteiger partial charge is 0.118 e. The molecule has 1 aromatic rings. The second-order valence-electron chi connectivity index (χ2n) is 6.29. The molecule has 1 aliphatic rings. The molecule has 0 spiro atoms. The van der Waals surface area contributed by atoms with Crippen LogP contribution in [0.3, 0.4) is 0 Å². The largest absolute Gasteiger partial charge is 0.465 e. The van der Waals surface area contributed by atoms with E-state index in [4.69, 9.17) is 4.42 Å². The normalized spacial score (nSPS) is 17.9. The highest BCUT2D eigenvalue weighted by molar-refractivity contribution is 7.99. The van der Waals surface area contributed by atoms with Crippen molar-refractivity contribution in [2.24, 2.45) is 0 Å². The molecule has 2 heterocycles. The molecule has 0 atom stereocenters. The van der Waals surface area contributed by atoms with Crippen molar-refractivity contribution >= 4 is 11.8 Å². The van der Waals surface area contributed by atoms with Gasteiger partial charge in [-0.15, -0.1) is 0 Å². The van der Waals surface area contributed by atoms with Crippen molar-refractivity contribution < 1.29 is 4.42 Å². The molecule has 3 nitrogen and oxygen atoms in total. The number of rotatable bonds is 4. The van der Waals surface area contributed by atoms with Gasteiger partial charge in [0.05, 0.1) is 6.54 Å². The van der Waals surface area contributed by atoms with E-state index in [0.717, 1.165) is 24.6 Å². The molecular weight excluding hydrogens is 256 g/mol. The summed E-state index contributed by atoms with van der Waals surface area (Å²) >= 11 is 2.05. The molecule has 4 heteroatoms. The molecule has 0 aliphatic carbocycles. The van der Waals surface area contributed by atoms with Gasteiger partial charge in [-0.05, 0) is 33.8 Å². The average molecular weight is 282 g/mol. The zero-order valence-corrected chi connectivity index (χ0v) is 13.4. The van der Waals surface area contributed by atoms with E-state index in [2.05, 4.69) is 55.7 Å². The van der Waals surface area contributed by atoms with Crippen molar-refractivity contribution in [3.63, 3.8) is 0 Å². The van der Waals surface area contributed by atoms with Gasteiger partial charge < -0.3 is 9.73 Å². The quantitative estimate of drug-likeness (QED) is 0.919. The molecule has 0 radical (unpaired) electrons. The molecule has 0 amide bonds. The van der Waals surface area contributed by atoms with Crippen LogP contribution in [-0.4, -0.2) is 35.0 Å². The molecule has 19 heavy (non-hydrogen) atoms. The molecule has 1 aliphatic heterocycles. The number of aryl methyl sites for hydroxylation is 1. The van der Waals surface area contributed by atoms with Crippen molar-refractivity contribution in [1.82, 2.24) is 10.2 Å². The van der Waals surface area contributed by atoms with Crippen LogP contribution in [0.5, 0.6) is 0 Å². The van der Waals surface area contributed by atoms with Crippen LogP contribution >= 0.6 is 11.8 Å². The molecule has 108 valence electrons.